The van der Waals surface area contributed by atoms with E-state index in [0.29, 0.717) is 58.3 Å². The lowest BCUT2D eigenvalue weighted by molar-refractivity contribution is -0.144. The second-order valence-corrected chi connectivity index (χ2v) is 19.7. The summed E-state index contributed by atoms with van der Waals surface area (Å²) in [6.45, 7) is 15.5. The highest BCUT2D eigenvalue weighted by Crippen LogP contribution is 2.52. The highest BCUT2D eigenvalue weighted by Gasteiger charge is 2.40. The molecule has 0 saturated carbocycles. The van der Waals surface area contributed by atoms with Gasteiger partial charge in [0.25, 0.3) is 0 Å². The highest BCUT2D eigenvalue weighted by molar-refractivity contribution is 6.36. The molecule has 0 amide bonds. The summed E-state index contributed by atoms with van der Waals surface area (Å²) in [5.74, 6) is -0.474. The van der Waals surface area contributed by atoms with E-state index in [2.05, 4.69) is 0 Å². The van der Waals surface area contributed by atoms with E-state index in [9.17, 15) is 52.7 Å². The van der Waals surface area contributed by atoms with Crippen LogP contribution in [0.3, 0.4) is 0 Å². The fraction of sp³-hybridized carbons (Fsp3) is 0.440. The molecule has 0 nitrogen and oxygen atoms in total. The van der Waals surface area contributed by atoms with Gasteiger partial charge in [-0.3, -0.25) is 0 Å². The average molecular weight is 907 g/mol. The van der Waals surface area contributed by atoms with E-state index in [0.717, 1.165) is 46.5 Å². The fourth-order valence-corrected chi connectivity index (χ4v) is 10.9. The van der Waals surface area contributed by atoms with Crippen molar-refractivity contribution in [2.45, 2.75) is 129 Å². The Kier molecular flexibility index (Phi) is 13.5. The zero-order valence-electron chi connectivity index (χ0n) is 36.3. The average Bonchev–Trinajstić information content (AvgIpc) is 3.67. The Morgan fingerprint density at radius 2 is 0.746 bits per heavy atom. The maximum Gasteiger partial charge on any atom is 0.416 e. The zero-order chi connectivity index (χ0) is 46.7. The third kappa shape index (κ3) is 10.3. The van der Waals surface area contributed by atoms with E-state index < -0.39 is 47.0 Å². The van der Waals surface area contributed by atoms with Crippen molar-refractivity contribution in [1.29, 1.82) is 0 Å². The van der Waals surface area contributed by atoms with Gasteiger partial charge in [0.15, 0.2) is 0 Å². The van der Waals surface area contributed by atoms with Crippen LogP contribution in [-0.2, 0) is 24.7 Å². The van der Waals surface area contributed by atoms with Gasteiger partial charge in [-0.2, -0.15) is 52.7 Å². The van der Waals surface area contributed by atoms with Gasteiger partial charge in [0.05, 0.1) is 22.3 Å². The SMILES string of the molecule is CC(C)CC1=Cc2c(ccc(C(C)C)c2-c2cc(C(F)(F)F)cc(C(F)(F)F)c2)C1C[Si]CC1C(CC(C)C)=Cc2c1ccc(C(C)C)c2-c1cc(C(F)(F)F)cc(C(F)(F)F)c1. The van der Waals surface area contributed by atoms with Crippen molar-refractivity contribution in [2.24, 2.45) is 11.8 Å². The van der Waals surface area contributed by atoms with Crippen molar-refractivity contribution in [3.05, 3.63) is 127 Å². The van der Waals surface area contributed by atoms with E-state index in [1.165, 1.54) is 0 Å². The molecule has 338 valence electrons. The Bertz CT molecular complexity index is 2170. The zero-order valence-corrected chi connectivity index (χ0v) is 37.3. The molecule has 2 radical (unpaired) electrons. The molecule has 0 N–H and O–H groups in total. The van der Waals surface area contributed by atoms with Crippen molar-refractivity contribution in [3.63, 3.8) is 0 Å². The van der Waals surface area contributed by atoms with Crippen LogP contribution in [0.5, 0.6) is 0 Å². The van der Waals surface area contributed by atoms with Gasteiger partial charge in [0, 0.05) is 21.4 Å². The Labute approximate surface area is 363 Å². The number of fused-ring (bicyclic) bond motifs is 2. The van der Waals surface area contributed by atoms with Gasteiger partial charge in [-0.15, -0.1) is 0 Å². The molecular weight excluding hydrogens is 857 g/mol. The van der Waals surface area contributed by atoms with Crippen LogP contribution in [0.1, 0.15) is 148 Å². The number of rotatable bonds is 12. The third-order valence-electron chi connectivity index (χ3n) is 11.9. The summed E-state index contributed by atoms with van der Waals surface area (Å²) in [6, 6.07) is 12.2. The molecule has 2 atom stereocenters. The molecular formula is C50H50F12Si. The fourth-order valence-electron chi connectivity index (χ4n) is 9.20. The van der Waals surface area contributed by atoms with Crippen LogP contribution in [0.15, 0.2) is 71.8 Å². The molecule has 0 bridgehead atoms. The first-order chi connectivity index (χ1) is 29.1. The molecule has 0 fully saturated rings. The molecule has 2 aliphatic carbocycles. The van der Waals surface area contributed by atoms with Crippen LogP contribution in [0.4, 0.5) is 52.7 Å². The van der Waals surface area contributed by atoms with Crippen molar-refractivity contribution in [1.82, 2.24) is 0 Å². The third-order valence-corrected chi connectivity index (χ3v) is 13.3. The van der Waals surface area contributed by atoms with Crippen LogP contribution in [0.25, 0.3) is 34.4 Å². The molecule has 63 heavy (non-hydrogen) atoms. The molecule has 4 aromatic carbocycles. The van der Waals surface area contributed by atoms with Gasteiger partial charge in [0.2, 0.25) is 0 Å². The lowest BCUT2D eigenvalue weighted by atomic mass is 9.84. The topological polar surface area (TPSA) is 0 Å². The van der Waals surface area contributed by atoms with E-state index in [1.807, 2.05) is 79.7 Å². The quantitative estimate of drug-likeness (QED) is 0.0981. The first kappa shape index (κ1) is 48.2. The molecule has 0 spiro atoms. The molecule has 4 aromatic rings. The van der Waals surface area contributed by atoms with Gasteiger partial charge in [0.1, 0.15) is 0 Å². The summed E-state index contributed by atoms with van der Waals surface area (Å²) in [4.78, 5) is 0. The Morgan fingerprint density at radius 1 is 0.444 bits per heavy atom. The van der Waals surface area contributed by atoms with E-state index in [1.54, 1.807) is 12.1 Å². The number of benzene rings is 4. The Balaban J connectivity index is 1.43. The summed E-state index contributed by atoms with van der Waals surface area (Å²) in [6.07, 6.45) is -14.9. The number of halogens is 12. The van der Waals surface area contributed by atoms with Gasteiger partial charge in [-0.1, -0.05) is 115 Å². The molecule has 13 heteroatoms. The molecule has 0 aromatic heterocycles. The van der Waals surface area contributed by atoms with Crippen LogP contribution in [0, 0.1) is 11.8 Å². The number of alkyl halides is 12. The molecule has 0 aliphatic heterocycles. The predicted molar refractivity (Wildman–Crippen MR) is 228 cm³/mol. The van der Waals surface area contributed by atoms with Gasteiger partial charge in [-0.05, 0) is 129 Å². The highest BCUT2D eigenvalue weighted by atomic mass is 28.2. The van der Waals surface area contributed by atoms with Crippen molar-refractivity contribution in [3.8, 4) is 22.3 Å². The summed E-state index contributed by atoms with van der Waals surface area (Å²) in [7, 11) is 0.286. The van der Waals surface area contributed by atoms with Crippen molar-refractivity contribution in [2.75, 3.05) is 0 Å². The first-order valence-electron chi connectivity index (χ1n) is 21.1. The lowest BCUT2D eigenvalue weighted by Crippen LogP contribution is -2.12. The van der Waals surface area contributed by atoms with Gasteiger partial charge in [-0.25, -0.2) is 0 Å². The molecule has 0 heterocycles. The molecule has 6 rings (SSSR count). The number of allylic oxidation sites excluding steroid dienone is 2. The van der Waals surface area contributed by atoms with Gasteiger partial charge < -0.3 is 0 Å². The standard InChI is InChI=1S/C50H50F12Si/c1-25(2)13-29-19-41-39(11-9-37(27(5)6)45(41)31-15-33(47(51,52)53)21-34(16-31)48(54,55)56)43(29)23-63-24-44-30(14-26(3)4)20-42-40(44)12-10-38(28(7)8)46(42)32-17-35(49(57,58)59)22-36(18-32)50(60,61)62/h9-12,15-22,25-28,43-44H,13-14,23-24H2,1-8H3. The summed E-state index contributed by atoms with van der Waals surface area (Å²) >= 11 is 0. The summed E-state index contributed by atoms with van der Waals surface area (Å²) in [5, 5.41) is 0. The van der Waals surface area contributed by atoms with Crippen LogP contribution >= 0.6 is 0 Å². The second-order valence-electron chi connectivity index (χ2n) is 18.4. The monoisotopic (exact) mass is 906 g/mol. The summed E-state index contributed by atoms with van der Waals surface area (Å²) in [5.41, 5.74) is 0.962. The molecule has 2 aliphatic rings. The first-order valence-corrected chi connectivity index (χ1v) is 22.5. The Morgan fingerprint density at radius 3 is 1.00 bits per heavy atom. The van der Waals surface area contributed by atoms with Crippen LogP contribution in [0.2, 0.25) is 12.1 Å². The smallest absolute Gasteiger partial charge is 0.166 e. The van der Waals surface area contributed by atoms with Crippen LogP contribution < -0.4 is 0 Å². The number of hydrogen-bond donors (Lipinski definition) is 0. The minimum atomic E-state index is -5.02. The van der Waals surface area contributed by atoms with Gasteiger partial charge >= 0.3 is 24.7 Å². The maximum atomic E-state index is 14.1. The van der Waals surface area contributed by atoms with Crippen molar-refractivity contribution < 1.29 is 52.7 Å². The lowest BCUT2D eigenvalue weighted by Gasteiger charge is -2.24. The second kappa shape index (κ2) is 17.6. The molecule has 0 saturated heterocycles. The van der Waals surface area contributed by atoms with E-state index >= 15 is 0 Å². The molecule has 2 unspecified atom stereocenters. The van der Waals surface area contributed by atoms with Crippen LogP contribution in [-0.4, -0.2) is 9.52 Å². The minimum Gasteiger partial charge on any atom is -0.166 e. The summed E-state index contributed by atoms with van der Waals surface area (Å²) < 4.78 is 170. The minimum absolute atomic E-state index is 0.140. The Hall–Kier alpha value is -4.26. The largest absolute Gasteiger partial charge is 0.416 e. The predicted octanol–water partition coefficient (Wildman–Crippen LogP) is 17.6. The number of hydrogen-bond acceptors (Lipinski definition) is 0. The van der Waals surface area contributed by atoms with E-state index in [4.69, 9.17) is 0 Å². The normalized spacial score (nSPS) is 17.0. The van der Waals surface area contributed by atoms with Crippen molar-refractivity contribution >= 4 is 21.7 Å². The maximum absolute atomic E-state index is 14.1. The van der Waals surface area contributed by atoms with E-state index in [-0.39, 0.29) is 68.3 Å².